The van der Waals surface area contributed by atoms with E-state index in [1.54, 1.807) is 4.68 Å². The van der Waals surface area contributed by atoms with Crippen LogP contribution in [-0.4, -0.2) is 9.78 Å². The molecule has 0 spiro atoms. The molecule has 1 aromatic carbocycles. The molecule has 4 heteroatoms. The van der Waals surface area contributed by atoms with Crippen LogP contribution in [0.1, 0.15) is 31.0 Å². The Hall–Kier alpha value is -1.60. The maximum atomic E-state index is 8.70. The molecular formula is C14H14BrN3. The molecule has 0 bridgehead atoms. The van der Waals surface area contributed by atoms with Crippen LogP contribution in [0.25, 0.3) is 5.69 Å². The zero-order chi connectivity index (χ0) is 13.1. The second-order valence-corrected chi connectivity index (χ2v) is 5.30. The Labute approximate surface area is 115 Å². The molecule has 0 saturated carbocycles. The van der Waals surface area contributed by atoms with Crippen molar-refractivity contribution in [1.29, 1.82) is 5.26 Å². The third-order valence-corrected chi connectivity index (χ3v) is 3.47. The van der Waals surface area contributed by atoms with Gasteiger partial charge in [-0.2, -0.15) is 10.4 Å². The third kappa shape index (κ3) is 2.62. The molecule has 0 aliphatic heterocycles. The summed E-state index contributed by atoms with van der Waals surface area (Å²) in [6.45, 7) is 4.34. The largest absolute Gasteiger partial charge is 0.240 e. The van der Waals surface area contributed by atoms with E-state index >= 15 is 0 Å². The lowest BCUT2D eigenvalue weighted by molar-refractivity contribution is 0.841. The van der Waals surface area contributed by atoms with Gasteiger partial charge < -0.3 is 0 Å². The van der Waals surface area contributed by atoms with Crippen LogP contribution >= 0.6 is 15.9 Å². The first kappa shape index (κ1) is 12.8. The van der Waals surface area contributed by atoms with E-state index in [0.29, 0.717) is 12.3 Å². The van der Waals surface area contributed by atoms with Crippen LogP contribution in [0.5, 0.6) is 0 Å². The maximum absolute atomic E-state index is 8.70. The van der Waals surface area contributed by atoms with Gasteiger partial charge in [0.2, 0.25) is 0 Å². The van der Waals surface area contributed by atoms with Gasteiger partial charge in [-0.1, -0.05) is 26.0 Å². The minimum Gasteiger partial charge on any atom is -0.240 e. The van der Waals surface area contributed by atoms with Gasteiger partial charge in [0.15, 0.2) is 0 Å². The molecule has 0 amide bonds. The molecule has 2 aromatic rings. The fourth-order valence-electron chi connectivity index (χ4n) is 1.73. The highest BCUT2D eigenvalue weighted by molar-refractivity contribution is 9.10. The smallest absolute Gasteiger partial charge is 0.0911 e. The fraction of sp³-hybridized carbons (Fsp3) is 0.286. The average Bonchev–Trinajstić information content (AvgIpc) is 2.72. The van der Waals surface area contributed by atoms with Gasteiger partial charge in [-0.15, -0.1) is 0 Å². The minimum atomic E-state index is 0.317. The highest BCUT2D eigenvalue weighted by Gasteiger charge is 2.07. The summed E-state index contributed by atoms with van der Waals surface area (Å²) in [6.07, 6.45) is 2.20. The molecule has 1 heterocycles. The first-order chi connectivity index (χ1) is 8.61. The molecule has 18 heavy (non-hydrogen) atoms. The van der Waals surface area contributed by atoms with Crippen molar-refractivity contribution < 1.29 is 0 Å². The lowest BCUT2D eigenvalue weighted by Gasteiger charge is -2.06. The van der Waals surface area contributed by atoms with Gasteiger partial charge in [0.25, 0.3) is 0 Å². The van der Waals surface area contributed by atoms with E-state index in [2.05, 4.69) is 53.1 Å². The Kier molecular flexibility index (Phi) is 3.83. The van der Waals surface area contributed by atoms with Crippen molar-refractivity contribution in [2.75, 3.05) is 0 Å². The predicted octanol–water partition coefficient (Wildman–Crippen LogP) is 3.82. The number of hydrogen-bond acceptors (Lipinski definition) is 2. The summed E-state index contributed by atoms with van der Waals surface area (Å²) in [5, 5.41) is 13.1. The van der Waals surface area contributed by atoms with Crippen molar-refractivity contribution in [1.82, 2.24) is 9.78 Å². The first-order valence-electron chi connectivity index (χ1n) is 5.83. The van der Waals surface area contributed by atoms with Gasteiger partial charge in [-0.05, 0) is 39.5 Å². The molecular weight excluding hydrogens is 290 g/mol. The molecule has 3 nitrogen and oxygen atoms in total. The van der Waals surface area contributed by atoms with Crippen LogP contribution in [0, 0.1) is 11.3 Å². The molecule has 0 aliphatic rings. The molecule has 0 aliphatic carbocycles. The molecule has 0 saturated heterocycles. The number of halogens is 1. The van der Waals surface area contributed by atoms with Gasteiger partial charge in [0.1, 0.15) is 0 Å². The van der Waals surface area contributed by atoms with Crippen molar-refractivity contribution in [2.24, 2.45) is 0 Å². The summed E-state index contributed by atoms with van der Waals surface area (Å²) in [5.74, 6) is 0.526. The average molecular weight is 304 g/mol. The van der Waals surface area contributed by atoms with Crippen molar-refractivity contribution in [3.63, 3.8) is 0 Å². The van der Waals surface area contributed by atoms with Crippen molar-refractivity contribution in [2.45, 2.75) is 26.2 Å². The highest BCUT2D eigenvalue weighted by Crippen LogP contribution is 2.20. The third-order valence-electron chi connectivity index (χ3n) is 2.81. The van der Waals surface area contributed by atoms with Gasteiger partial charge in [-0.3, -0.25) is 0 Å². The Bertz CT molecular complexity index is 576. The Morgan fingerprint density at radius 2 is 2.00 bits per heavy atom. The number of nitrogens with zero attached hydrogens (tertiary/aromatic N) is 3. The fourth-order valence-corrected chi connectivity index (χ4v) is 2.14. The van der Waals surface area contributed by atoms with Gasteiger partial charge >= 0.3 is 0 Å². The SMILES string of the molecule is CC(C)c1ccc(-n2cc(Br)c(CC#N)n2)cc1. The Morgan fingerprint density at radius 3 is 2.56 bits per heavy atom. The van der Waals surface area contributed by atoms with Gasteiger partial charge in [-0.25, -0.2) is 4.68 Å². The molecule has 0 fully saturated rings. The summed E-state index contributed by atoms with van der Waals surface area (Å²) in [6, 6.07) is 10.4. The van der Waals surface area contributed by atoms with E-state index in [1.807, 2.05) is 18.3 Å². The maximum Gasteiger partial charge on any atom is 0.0911 e. The lowest BCUT2D eigenvalue weighted by atomic mass is 10.0. The zero-order valence-electron chi connectivity index (χ0n) is 10.4. The number of nitriles is 1. The topological polar surface area (TPSA) is 41.6 Å². The van der Waals surface area contributed by atoms with Crippen molar-refractivity contribution in [3.05, 3.63) is 46.2 Å². The van der Waals surface area contributed by atoms with Gasteiger partial charge in [0.05, 0.1) is 28.3 Å². The van der Waals surface area contributed by atoms with Crippen LogP contribution < -0.4 is 0 Å². The van der Waals surface area contributed by atoms with E-state index in [4.69, 9.17) is 5.26 Å². The molecule has 0 unspecified atom stereocenters. The highest BCUT2D eigenvalue weighted by atomic mass is 79.9. The predicted molar refractivity (Wildman–Crippen MR) is 74.7 cm³/mol. The van der Waals surface area contributed by atoms with Crippen molar-refractivity contribution in [3.8, 4) is 11.8 Å². The molecule has 1 aromatic heterocycles. The van der Waals surface area contributed by atoms with E-state index in [-0.39, 0.29) is 0 Å². The van der Waals surface area contributed by atoms with Crippen LogP contribution in [0.2, 0.25) is 0 Å². The standard InChI is InChI=1S/C14H14BrN3/c1-10(2)11-3-5-12(6-4-11)18-9-13(15)14(17-18)7-8-16/h3-6,9-10H,7H2,1-2H3. The Balaban J connectivity index is 2.31. The summed E-state index contributed by atoms with van der Waals surface area (Å²) in [5.41, 5.74) is 3.08. The summed E-state index contributed by atoms with van der Waals surface area (Å²) in [7, 11) is 0. The summed E-state index contributed by atoms with van der Waals surface area (Å²) in [4.78, 5) is 0. The second-order valence-electron chi connectivity index (χ2n) is 4.45. The van der Waals surface area contributed by atoms with Gasteiger partial charge in [0, 0.05) is 6.20 Å². The molecule has 0 atom stereocenters. The molecule has 0 radical (unpaired) electrons. The zero-order valence-corrected chi connectivity index (χ0v) is 12.0. The summed E-state index contributed by atoms with van der Waals surface area (Å²) < 4.78 is 2.66. The van der Waals surface area contributed by atoms with E-state index in [9.17, 15) is 0 Å². The normalized spacial score (nSPS) is 10.6. The number of benzene rings is 1. The molecule has 0 N–H and O–H groups in total. The quantitative estimate of drug-likeness (QED) is 0.865. The van der Waals surface area contributed by atoms with Crippen LogP contribution in [0.4, 0.5) is 0 Å². The number of hydrogen-bond donors (Lipinski definition) is 0. The second kappa shape index (κ2) is 5.36. The van der Waals surface area contributed by atoms with E-state index < -0.39 is 0 Å². The lowest BCUT2D eigenvalue weighted by Crippen LogP contribution is -1.96. The minimum absolute atomic E-state index is 0.317. The molecule has 92 valence electrons. The van der Waals surface area contributed by atoms with Crippen LogP contribution in [-0.2, 0) is 6.42 Å². The number of rotatable bonds is 3. The number of aromatic nitrogens is 2. The van der Waals surface area contributed by atoms with E-state index in [1.165, 1.54) is 5.56 Å². The summed E-state index contributed by atoms with van der Waals surface area (Å²) >= 11 is 3.42. The van der Waals surface area contributed by atoms with Crippen LogP contribution in [0.15, 0.2) is 34.9 Å². The van der Waals surface area contributed by atoms with Crippen LogP contribution in [0.3, 0.4) is 0 Å². The van der Waals surface area contributed by atoms with Crippen molar-refractivity contribution >= 4 is 15.9 Å². The Morgan fingerprint density at radius 1 is 1.33 bits per heavy atom. The molecule has 2 rings (SSSR count). The van der Waals surface area contributed by atoms with E-state index in [0.717, 1.165) is 15.9 Å². The monoisotopic (exact) mass is 303 g/mol. The first-order valence-corrected chi connectivity index (χ1v) is 6.62.